The van der Waals surface area contributed by atoms with Crippen LogP contribution in [-0.4, -0.2) is 70.0 Å². The number of nitrogens with zero attached hydrogens (tertiary/aromatic N) is 12. The highest BCUT2D eigenvalue weighted by Gasteiger charge is 2.59. The van der Waals surface area contributed by atoms with Crippen molar-refractivity contribution >= 4 is 212 Å². The number of halogens is 12. The summed E-state index contributed by atoms with van der Waals surface area (Å²) in [5.41, 5.74) is 12.3. The molecule has 65 rings (SSSR count). The summed E-state index contributed by atoms with van der Waals surface area (Å²) < 4.78 is 96.4. The van der Waals surface area contributed by atoms with Crippen molar-refractivity contribution in [1.82, 2.24) is 29.9 Å². The van der Waals surface area contributed by atoms with Gasteiger partial charge in [0.15, 0.2) is 34.9 Å². The van der Waals surface area contributed by atoms with Crippen molar-refractivity contribution in [3.63, 3.8) is 0 Å². The molecule has 20 aromatic rings. The summed E-state index contributed by atoms with van der Waals surface area (Å²) in [6.45, 7) is -16.2. The lowest BCUT2D eigenvalue weighted by atomic mass is 9.62. The van der Waals surface area contributed by atoms with Gasteiger partial charge in [0.1, 0.15) is 143 Å². The van der Waals surface area contributed by atoms with E-state index in [2.05, 4.69) is 0 Å². The molecule has 42 heteroatoms. The Kier molecular flexibility index (Phi) is 21.4. The maximum Gasteiger partial charge on any atom is 0.684 e. The molecule has 0 atom stereocenters. The summed E-state index contributed by atoms with van der Waals surface area (Å²) >= 11 is 81.6. The Labute approximate surface area is 913 Å². The van der Waals surface area contributed by atoms with Crippen molar-refractivity contribution in [1.29, 1.82) is 0 Å². The standard InChI is InChI=1S/C108H60B6Cl12N12O12/c115-79-49-91-92(50-80(79)116)140-109(139-91)73-13-1-61(2-14-73)62-3-15-74(16-4-62)110(141-93-51-81(117)82(118)52-94(93)142-110)134-39-27-68(28-40-134)106-130-107-71-33-45-137(46-34-71)113(147-99-57-87(123)88(124)58-100(99)148-113)77-21-9-65(10-22-77)63-5-17-75(18-6-63)111(143-95-53-83(119)84(120)54-96(95)144-111)135-41-29-69(30-42-135)104-127-103(67-25-37-133(109)38-26-67)128-105(129-104)70-31-43-136(44-32-70)112(145-97-55-85(121)86(122)56-98(97)146-112)76-19-7-64(8-20-76)66-11-23-78(24-12-66)114(138-47-35-72(36-48-138)108(131-106)132-107)149-101-59-89(125)90(126)60-102(101)150-114/h1-60H. The predicted molar refractivity (Wildman–Crippen MR) is 580 cm³/mol. The van der Waals surface area contributed by atoms with E-state index in [0.717, 1.165) is 33.4 Å². The SMILES string of the molecule is Clc1cc2c(cc1Cl)O[B-]1(O2)c2ccc(cc2)-c2ccc(cc2)[B-]2(Oc3cc(Cl)c(Cl)cc3O2)[n+]2ccc(cc2)-c2nc3nc(n2)-c2cc[n+](cc2)[B-]2(Oc4cc(Cl)c(Cl)cc4O2)c2ccc(cc2)-c2ccc(cc2)[B-]2(Oc4cc(Cl)c(Cl)cc4O2)[n+]2ccc(cc2)-c2nc(nc(n2)-c2cc[n+](cc2)[B-]2(Oc4cc(Cl)c(Cl)cc4O2)c2ccc(cc2)-c2ccc(cc2)[B-]2(Oc4cc(Cl)c(Cl)cc4O2)[n+]2ccc-3cc2)-c2cc[n+]1cc2. The molecular weight excluding hydrogens is 2150 g/mol. The molecule has 8 aromatic heterocycles. The van der Waals surface area contributed by atoms with Gasteiger partial charge in [0.25, 0.3) is 0 Å². The van der Waals surface area contributed by atoms with E-state index in [9.17, 15) is 0 Å². The molecule has 53 heterocycles. The molecule has 0 aliphatic carbocycles. The van der Waals surface area contributed by atoms with Gasteiger partial charge in [-0.05, 0) is 139 Å². The van der Waals surface area contributed by atoms with Crippen LogP contribution in [0.2, 0.25) is 60.3 Å². The average Bonchev–Trinajstić information content (AvgIpc) is 1.58. The smallest absolute Gasteiger partial charge is 0.616 e. The van der Waals surface area contributed by atoms with Gasteiger partial charge in [-0.1, -0.05) is 285 Å². The second-order valence-corrected chi connectivity index (χ2v) is 42.2. The average molecular weight is 2210 g/mol. The summed E-state index contributed by atoms with van der Waals surface area (Å²) in [5.74, 6) is 6.09. The summed E-state index contributed by atoms with van der Waals surface area (Å²) in [7, 11) is 0. The Morgan fingerprint density at radius 1 is 0.133 bits per heavy atom. The topological polar surface area (TPSA) is 211 Å². The maximum atomic E-state index is 7.10. The van der Waals surface area contributed by atoms with Crippen LogP contribution < -0.4 is 115 Å². The molecule has 0 N–H and O–H groups in total. The van der Waals surface area contributed by atoms with Crippen LogP contribution in [-0.2, 0) is 0 Å². The molecule has 0 saturated heterocycles. The fourth-order valence-corrected chi connectivity index (χ4v) is 22.7. The molecule has 45 aliphatic heterocycles. The fraction of sp³-hybridized carbons (Fsp3) is 0. The molecular formula is C108H60B6Cl12N12O12. The first-order valence-corrected chi connectivity index (χ1v) is 51.7. The van der Waals surface area contributed by atoms with Crippen LogP contribution >= 0.6 is 139 Å². The number of aromatic nitrogens is 12. The van der Waals surface area contributed by atoms with E-state index in [1.165, 1.54) is 0 Å². The first kappa shape index (κ1) is 92.4. The summed E-state index contributed by atoms with van der Waals surface area (Å²) in [6.07, 6.45) is 22.2. The van der Waals surface area contributed by atoms with Crippen molar-refractivity contribution in [2.24, 2.45) is 0 Å². The molecule has 12 aromatic carbocycles. The van der Waals surface area contributed by atoms with E-state index in [-0.39, 0.29) is 95.2 Å². The lowest BCUT2D eigenvalue weighted by Crippen LogP contribution is -2.78. The summed E-state index contributed by atoms with van der Waals surface area (Å²) in [5, 5.41) is 3.19. The first-order chi connectivity index (χ1) is 72.8. The normalized spacial score (nSPS) is 15.4. The number of fused-ring (bicyclic) bond motifs is 6. The van der Waals surface area contributed by atoms with Crippen LogP contribution in [0.3, 0.4) is 0 Å². The Balaban J connectivity index is 0.651. The molecule has 0 amide bonds. The van der Waals surface area contributed by atoms with Crippen LogP contribution in [0.25, 0.3) is 102 Å². The zero-order valence-electron chi connectivity index (χ0n) is 76.9. The van der Waals surface area contributed by atoms with Gasteiger partial charge in [-0.3, -0.25) is 0 Å². The third-order valence-corrected chi connectivity index (χ3v) is 33.0. The highest BCUT2D eigenvalue weighted by molar-refractivity contribution is 6.79. The van der Waals surface area contributed by atoms with Crippen LogP contribution in [0.4, 0.5) is 0 Å². The van der Waals surface area contributed by atoms with Crippen LogP contribution in [0, 0.1) is 0 Å². The van der Waals surface area contributed by atoms with Crippen molar-refractivity contribution in [3.8, 4) is 171 Å². The molecule has 0 radical (unpaired) electrons. The fourth-order valence-electron chi connectivity index (χ4n) is 20.9. The second kappa shape index (κ2) is 34.8. The summed E-state index contributed by atoms with van der Waals surface area (Å²) in [4.78, 5) is 32.0. The van der Waals surface area contributed by atoms with Crippen LogP contribution in [0.15, 0.2) is 366 Å². The van der Waals surface area contributed by atoms with Gasteiger partial charge < -0.3 is 82.7 Å². The molecule has 0 unspecified atom stereocenters. The van der Waals surface area contributed by atoms with E-state index in [0.29, 0.717) is 135 Å². The number of pyridine rings is 6. The molecule has 150 heavy (non-hydrogen) atoms. The van der Waals surface area contributed by atoms with Crippen molar-refractivity contribution < 1.29 is 82.7 Å². The zero-order valence-corrected chi connectivity index (χ0v) is 86.0. The van der Waals surface area contributed by atoms with Gasteiger partial charge in [-0.25, -0.2) is 29.9 Å². The number of hydrogen-bond acceptors (Lipinski definition) is 18. The van der Waals surface area contributed by atoms with Crippen molar-refractivity contribution in [2.75, 3.05) is 0 Å². The van der Waals surface area contributed by atoms with Crippen molar-refractivity contribution in [2.45, 2.75) is 0 Å². The minimum atomic E-state index is -2.71. The number of hydrogen-bond donors (Lipinski definition) is 0. The van der Waals surface area contributed by atoms with Gasteiger partial charge in [0.05, 0.1) is 60.3 Å². The van der Waals surface area contributed by atoms with E-state index in [1.54, 1.807) is 72.8 Å². The van der Waals surface area contributed by atoms with E-state index < -0.39 is 40.1 Å². The minimum Gasteiger partial charge on any atom is -0.616 e. The molecule has 30 bridgehead atoms. The van der Waals surface area contributed by atoms with Crippen LogP contribution in [0.5, 0.6) is 69.0 Å². The monoisotopic (exact) mass is 2200 g/mol. The van der Waals surface area contributed by atoms with E-state index in [1.807, 2.05) is 320 Å². The van der Waals surface area contributed by atoms with Crippen molar-refractivity contribution in [3.05, 3.63) is 426 Å². The van der Waals surface area contributed by atoms with E-state index >= 15 is 0 Å². The number of benzene rings is 12. The molecule has 24 nitrogen and oxygen atoms in total. The third kappa shape index (κ3) is 15.0. The third-order valence-electron chi connectivity index (χ3n) is 28.6. The first-order valence-electron chi connectivity index (χ1n) is 47.2. The highest BCUT2D eigenvalue weighted by atomic mass is 35.5. The summed E-state index contributed by atoms with van der Waals surface area (Å²) in [6, 6.07) is 89.8. The Bertz CT molecular complexity index is 7570. The lowest BCUT2D eigenvalue weighted by molar-refractivity contribution is -0.566. The molecule has 726 valence electrons. The lowest BCUT2D eigenvalue weighted by Gasteiger charge is -2.29. The maximum absolute atomic E-state index is 7.10. The molecule has 45 aliphatic rings. The van der Waals surface area contributed by atoms with Gasteiger partial charge in [0, 0.05) is 106 Å². The van der Waals surface area contributed by atoms with Gasteiger partial charge >= 0.3 is 40.1 Å². The zero-order chi connectivity index (χ0) is 101. The quantitative estimate of drug-likeness (QED) is 0.129. The Morgan fingerprint density at radius 3 is 0.333 bits per heavy atom. The van der Waals surface area contributed by atoms with Gasteiger partial charge in [-0.2, -0.15) is 0 Å². The Morgan fingerprint density at radius 2 is 0.233 bits per heavy atom. The predicted octanol–water partition coefficient (Wildman–Crippen LogP) is 20.2. The largest absolute Gasteiger partial charge is 0.684 e. The van der Waals surface area contributed by atoms with Gasteiger partial charge in [-0.15, -0.1) is 0 Å². The van der Waals surface area contributed by atoms with Gasteiger partial charge in [0.2, 0.25) is 0 Å². The molecule has 0 saturated carbocycles. The molecule has 6 spiro atoms. The minimum absolute atomic E-state index is 0.266. The molecule has 0 fully saturated rings. The number of rotatable bonds is 0. The highest BCUT2D eigenvalue weighted by Crippen LogP contribution is 2.50. The Hall–Kier alpha value is -15.0. The van der Waals surface area contributed by atoms with E-state index in [4.69, 9.17) is 225 Å². The van der Waals surface area contributed by atoms with Crippen LogP contribution in [0.1, 0.15) is 0 Å². The second-order valence-electron chi connectivity index (χ2n) is 37.3.